The summed E-state index contributed by atoms with van der Waals surface area (Å²) in [5, 5.41) is 9.77. The van der Waals surface area contributed by atoms with Crippen molar-refractivity contribution >= 4 is 11.6 Å². The number of amides is 1. The first-order valence-electron chi connectivity index (χ1n) is 10.3. The average molecular weight is 365 g/mol. The molecule has 1 atom stereocenters. The first kappa shape index (κ1) is 18.4. The highest BCUT2D eigenvalue weighted by molar-refractivity contribution is 5.86. The largest absolute Gasteiger partial charge is 0.393 e. The summed E-state index contributed by atoms with van der Waals surface area (Å²) in [7, 11) is 0. The zero-order chi connectivity index (χ0) is 18.9. The van der Waals surface area contributed by atoms with E-state index in [1.54, 1.807) is 0 Å². The molecule has 4 rings (SSSR count). The van der Waals surface area contributed by atoms with Crippen molar-refractivity contribution in [3.63, 3.8) is 0 Å². The second-order valence-corrected chi connectivity index (χ2v) is 8.47. The van der Waals surface area contributed by atoms with Crippen LogP contribution in [0.1, 0.15) is 50.5 Å². The van der Waals surface area contributed by atoms with Gasteiger partial charge >= 0.3 is 0 Å². The van der Waals surface area contributed by atoms with Crippen LogP contribution in [0.25, 0.3) is 0 Å². The van der Waals surface area contributed by atoms with Crippen molar-refractivity contribution in [1.82, 2.24) is 4.90 Å². The fourth-order valence-electron chi connectivity index (χ4n) is 5.21. The number of benzene rings is 1. The van der Waals surface area contributed by atoms with Gasteiger partial charge in [-0.1, -0.05) is 6.07 Å². The van der Waals surface area contributed by atoms with E-state index < -0.39 is 0 Å². The predicted molar refractivity (Wildman–Crippen MR) is 106 cm³/mol. The molecular weight excluding hydrogens is 336 g/mol. The third-order valence-corrected chi connectivity index (χ3v) is 6.73. The summed E-state index contributed by atoms with van der Waals surface area (Å²) in [4.78, 5) is 17.9. The Bertz CT molecular complexity index is 732. The van der Waals surface area contributed by atoms with Gasteiger partial charge in [0.1, 0.15) is 0 Å². The number of carbonyl (C=O) groups is 1. The monoisotopic (exact) mass is 365 g/mol. The highest BCUT2D eigenvalue weighted by Gasteiger charge is 2.50. The quantitative estimate of drug-likeness (QED) is 0.838. The van der Waals surface area contributed by atoms with Gasteiger partial charge in [0.2, 0.25) is 5.91 Å². The Morgan fingerprint density at radius 2 is 2.07 bits per heavy atom. The SMILES string of the molecule is C#CCc1[c]ccc(N2CCCC3(CCN([C@H]4CC[C@H](O)CC4)C3=O)C2)c1. The molecule has 3 fully saturated rings. The normalized spacial score (nSPS) is 31.3. The molecule has 143 valence electrons. The fourth-order valence-corrected chi connectivity index (χ4v) is 5.21. The highest BCUT2D eigenvalue weighted by Crippen LogP contribution is 2.43. The average Bonchev–Trinajstić information content (AvgIpc) is 2.99. The van der Waals surface area contributed by atoms with Crippen molar-refractivity contribution in [3.05, 3.63) is 29.8 Å². The lowest BCUT2D eigenvalue weighted by molar-refractivity contribution is -0.139. The number of anilines is 1. The molecule has 27 heavy (non-hydrogen) atoms. The molecule has 2 heterocycles. The molecule has 1 N–H and O–H groups in total. The van der Waals surface area contributed by atoms with Crippen LogP contribution in [-0.2, 0) is 11.2 Å². The van der Waals surface area contributed by atoms with Crippen molar-refractivity contribution in [3.8, 4) is 12.3 Å². The molecule has 1 saturated carbocycles. The van der Waals surface area contributed by atoms with Gasteiger partial charge in [-0.15, -0.1) is 12.3 Å². The summed E-state index contributed by atoms with van der Waals surface area (Å²) in [6.45, 7) is 2.67. The molecule has 0 aromatic heterocycles. The minimum absolute atomic E-state index is 0.176. The zero-order valence-corrected chi connectivity index (χ0v) is 16.0. The van der Waals surface area contributed by atoms with Crippen LogP contribution in [0.3, 0.4) is 0 Å². The molecule has 1 aliphatic carbocycles. The van der Waals surface area contributed by atoms with Crippen LogP contribution in [0.4, 0.5) is 5.69 Å². The molecule has 2 aliphatic heterocycles. The molecule has 1 spiro atoms. The number of nitrogens with zero attached hydrogens (tertiary/aromatic N) is 2. The minimum atomic E-state index is -0.236. The van der Waals surface area contributed by atoms with E-state index in [0.717, 1.165) is 75.8 Å². The summed E-state index contributed by atoms with van der Waals surface area (Å²) >= 11 is 0. The topological polar surface area (TPSA) is 43.8 Å². The Morgan fingerprint density at radius 3 is 2.85 bits per heavy atom. The number of likely N-dealkylation sites (tertiary alicyclic amines) is 1. The van der Waals surface area contributed by atoms with Gasteiger partial charge in [0, 0.05) is 37.8 Å². The van der Waals surface area contributed by atoms with E-state index in [0.29, 0.717) is 18.4 Å². The number of hydrogen-bond acceptors (Lipinski definition) is 3. The Morgan fingerprint density at radius 1 is 1.26 bits per heavy atom. The lowest BCUT2D eigenvalue weighted by Gasteiger charge is -2.41. The van der Waals surface area contributed by atoms with Crippen LogP contribution in [0.15, 0.2) is 18.2 Å². The molecule has 0 bridgehead atoms. The molecule has 1 aromatic carbocycles. The summed E-state index contributed by atoms with van der Waals surface area (Å²) in [5.74, 6) is 3.03. The van der Waals surface area contributed by atoms with Crippen molar-refractivity contribution in [1.29, 1.82) is 0 Å². The van der Waals surface area contributed by atoms with E-state index in [1.807, 2.05) is 6.07 Å². The van der Waals surface area contributed by atoms with Crippen molar-refractivity contribution < 1.29 is 9.90 Å². The zero-order valence-electron chi connectivity index (χ0n) is 16.0. The smallest absolute Gasteiger partial charge is 0.230 e. The van der Waals surface area contributed by atoms with E-state index in [9.17, 15) is 9.90 Å². The van der Waals surface area contributed by atoms with Gasteiger partial charge in [-0.3, -0.25) is 4.79 Å². The summed E-state index contributed by atoms with van der Waals surface area (Å²) in [6, 6.07) is 9.68. The van der Waals surface area contributed by atoms with Gasteiger partial charge in [-0.05, 0) is 68.7 Å². The second-order valence-electron chi connectivity index (χ2n) is 8.47. The molecule has 1 unspecified atom stereocenters. The van der Waals surface area contributed by atoms with E-state index in [-0.39, 0.29) is 11.5 Å². The van der Waals surface area contributed by atoms with E-state index in [2.05, 4.69) is 33.9 Å². The van der Waals surface area contributed by atoms with Gasteiger partial charge in [-0.2, -0.15) is 0 Å². The third kappa shape index (κ3) is 3.58. The van der Waals surface area contributed by atoms with Gasteiger partial charge in [0.25, 0.3) is 0 Å². The van der Waals surface area contributed by atoms with Gasteiger partial charge in [0.15, 0.2) is 0 Å². The van der Waals surface area contributed by atoms with E-state index in [4.69, 9.17) is 6.42 Å². The van der Waals surface area contributed by atoms with Gasteiger partial charge in [-0.25, -0.2) is 0 Å². The van der Waals surface area contributed by atoms with Crippen molar-refractivity contribution in [2.45, 2.75) is 63.5 Å². The first-order valence-corrected chi connectivity index (χ1v) is 10.3. The summed E-state index contributed by atoms with van der Waals surface area (Å²) in [6.07, 6.45) is 12.4. The Balaban J connectivity index is 1.48. The number of aliphatic hydroxyl groups is 1. The van der Waals surface area contributed by atoms with Crippen LogP contribution < -0.4 is 4.90 Å². The molecule has 1 aromatic rings. The molecule has 1 radical (unpaired) electrons. The number of aliphatic hydroxyl groups excluding tert-OH is 1. The van der Waals surface area contributed by atoms with E-state index in [1.165, 1.54) is 0 Å². The number of piperidine rings is 1. The molecule has 3 aliphatic rings. The summed E-state index contributed by atoms with van der Waals surface area (Å²) in [5.41, 5.74) is 1.96. The number of carbonyl (C=O) groups excluding carboxylic acids is 1. The van der Waals surface area contributed by atoms with Crippen LogP contribution in [0, 0.1) is 23.8 Å². The van der Waals surface area contributed by atoms with Crippen LogP contribution in [-0.4, -0.2) is 47.7 Å². The first-order chi connectivity index (χ1) is 13.1. The van der Waals surface area contributed by atoms with Crippen LogP contribution >= 0.6 is 0 Å². The number of hydrogen-bond donors (Lipinski definition) is 1. The highest BCUT2D eigenvalue weighted by atomic mass is 16.3. The van der Waals surface area contributed by atoms with Crippen molar-refractivity contribution in [2.75, 3.05) is 24.5 Å². The Kier molecular flexibility index (Phi) is 5.14. The van der Waals surface area contributed by atoms with Gasteiger partial charge in [0.05, 0.1) is 11.5 Å². The van der Waals surface area contributed by atoms with Gasteiger partial charge < -0.3 is 14.9 Å². The lowest BCUT2D eigenvalue weighted by Crippen LogP contribution is -2.50. The molecule has 4 nitrogen and oxygen atoms in total. The Hall–Kier alpha value is -1.99. The maximum atomic E-state index is 13.4. The maximum absolute atomic E-state index is 13.4. The van der Waals surface area contributed by atoms with Crippen LogP contribution in [0.2, 0.25) is 0 Å². The Labute approximate surface area is 162 Å². The molecule has 4 heteroatoms. The molecule has 1 amide bonds. The maximum Gasteiger partial charge on any atom is 0.230 e. The summed E-state index contributed by atoms with van der Waals surface area (Å²) < 4.78 is 0. The molecular formula is C23H29N2O2. The fraction of sp³-hybridized carbons (Fsp3) is 0.609. The second kappa shape index (κ2) is 7.56. The minimum Gasteiger partial charge on any atom is -0.393 e. The number of terminal acetylenes is 1. The van der Waals surface area contributed by atoms with Crippen molar-refractivity contribution in [2.24, 2.45) is 5.41 Å². The van der Waals surface area contributed by atoms with E-state index >= 15 is 0 Å². The lowest BCUT2D eigenvalue weighted by atomic mass is 9.78. The number of rotatable bonds is 3. The predicted octanol–water partition coefficient (Wildman–Crippen LogP) is 2.78. The van der Waals surface area contributed by atoms with Crippen LogP contribution in [0.5, 0.6) is 0 Å². The standard InChI is InChI=1S/C23H29N2O2/c1-2-5-18-6-3-7-20(16-18)24-14-4-12-23(17-24)13-15-25(22(23)27)19-8-10-21(26)11-9-19/h1,3,7,16,19,21,26H,4-5,8-15,17H2/t19-,21-,23?. The molecule has 2 saturated heterocycles. The third-order valence-electron chi connectivity index (χ3n) is 6.73.